The number of nitrogens with one attached hydrogen (secondary N) is 1. The topological polar surface area (TPSA) is 32.3 Å². The molecule has 0 unspecified atom stereocenters. The number of hydrogen-bond donors (Lipinski definition) is 1. The third-order valence-corrected chi connectivity index (χ3v) is 5.54. The summed E-state index contributed by atoms with van der Waals surface area (Å²) in [7, 11) is 0. The van der Waals surface area contributed by atoms with E-state index in [0.29, 0.717) is 17.9 Å². The van der Waals surface area contributed by atoms with Crippen LogP contribution in [0.2, 0.25) is 5.02 Å². The molecule has 0 spiro atoms. The third-order valence-electron chi connectivity index (χ3n) is 5.17. The van der Waals surface area contributed by atoms with Crippen LogP contribution in [-0.2, 0) is 19.4 Å². The van der Waals surface area contributed by atoms with Gasteiger partial charge < -0.3 is 5.32 Å². The van der Waals surface area contributed by atoms with Gasteiger partial charge in [-0.15, -0.1) is 0 Å². The van der Waals surface area contributed by atoms with Crippen molar-refractivity contribution in [3.8, 4) is 0 Å². The van der Waals surface area contributed by atoms with Crippen molar-refractivity contribution in [2.45, 2.75) is 25.4 Å². The maximum atomic E-state index is 14.6. The molecular weight excluding hydrogens is 394 g/mol. The minimum atomic E-state index is -0.770. The lowest BCUT2D eigenvalue weighted by atomic mass is 10.1. The fraction of sp³-hybridized carbons (Fsp3) is 0.174. The smallest absolute Gasteiger partial charge is 0.322 e. The Labute approximate surface area is 172 Å². The van der Waals surface area contributed by atoms with E-state index in [2.05, 4.69) is 5.32 Å². The van der Waals surface area contributed by atoms with E-state index in [1.165, 1.54) is 11.0 Å². The molecule has 2 amide bonds. The molecule has 4 rings (SSSR count). The average molecular weight is 413 g/mol. The van der Waals surface area contributed by atoms with Crippen LogP contribution in [0, 0.1) is 11.6 Å². The normalized spacial score (nSPS) is 13.2. The number of urea groups is 1. The van der Waals surface area contributed by atoms with Gasteiger partial charge in [0.1, 0.15) is 11.6 Å². The first kappa shape index (κ1) is 19.4. The molecule has 29 heavy (non-hydrogen) atoms. The highest BCUT2D eigenvalue weighted by molar-refractivity contribution is 6.31. The summed E-state index contributed by atoms with van der Waals surface area (Å²) in [5.41, 5.74) is 3.07. The van der Waals surface area contributed by atoms with Gasteiger partial charge in [-0.05, 0) is 47.7 Å². The van der Waals surface area contributed by atoms with Crippen LogP contribution in [0.25, 0.3) is 0 Å². The van der Waals surface area contributed by atoms with Crippen LogP contribution in [0.15, 0.2) is 66.7 Å². The molecule has 0 radical (unpaired) electrons. The molecule has 0 fully saturated rings. The molecule has 0 bridgehead atoms. The molecule has 0 aromatic heterocycles. The van der Waals surface area contributed by atoms with Gasteiger partial charge in [0, 0.05) is 23.7 Å². The number of nitrogens with zero attached hydrogens (tertiary/aromatic N) is 1. The van der Waals surface area contributed by atoms with Crippen LogP contribution in [0.5, 0.6) is 0 Å². The molecule has 0 saturated carbocycles. The van der Waals surface area contributed by atoms with Crippen molar-refractivity contribution in [3.05, 3.63) is 100 Å². The lowest BCUT2D eigenvalue weighted by Gasteiger charge is -2.29. The van der Waals surface area contributed by atoms with Gasteiger partial charge in [0.2, 0.25) is 0 Å². The molecule has 0 atom stereocenters. The molecule has 1 aliphatic rings. The van der Waals surface area contributed by atoms with E-state index in [0.717, 1.165) is 28.8 Å². The van der Waals surface area contributed by atoms with Crippen molar-refractivity contribution < 1.29 is 13.6 Å². The molecule has 3 aromatic rings. The zero-order chi connectivity index (χ0) is 20.4. The Balaban J connectivity index is 1.61. The largest absolute Gasteiger partial charge is 0.334 e. The molecule has 148 valence electrons. The molecule has 0 heterocycles. The first-order valence-electron chi connectivity index (χ1n) is 9.35. The lowest BCUT2D eigenvalue weighted by Crippen LogP contribution is -2.47. The predicted octanol–water partition coefficient (Wildman–Crippen LogP) is 5.50. The summed E-state index contributed by atoms with van der Waals surface area (Å²) in [6.45, 7) is 0.206. The van der Waals surface area contributed by atoms with Gasteiger partial charge >= 0.3 is 6.03 Å². The maximum Gasteiger partial charge on any atom is 0.322 e. The number of carbonyl (C=O) groups excluding carboxylic acids is 1. The molecule has 3 aromatic carbocycles. The first-order chi connectivity index (χ1) is 14.0. The Kier molecular flexibility index (Phi) is 5.49. The second kappa shape index (κ2) is 8.21. The van der Waals surface area contributed by atoms with Crippen molar-refractivity contribution in [1.82, 2.24) is 5.32 Å². The third kappa shape index (κ3) is 4.10. The summed E-state index contributed by atoms with van der Waals surface area (Å²) in [6, 6.07) is 17.7. The van der Waals surface area contributed by atoms with Crippen LogP contribution in [0.3, 0.4) is 0 Å². The van der Waals surface area contributed by atoms with Gasteiger partial charge in [0.25, 0.3) is 0 Å². The van der Waals surface area contributed by atoms with Crippen LogP contribution in [0.4, 0.5) is 19.3 Å². The Morgan fingerprint density at radius 3 is 2.31 bits per heavy atom. The fourth-order valence-corrected chi connectivity index (χ4v) is 3.97. The van der Waals surface area contributed by atoms with Crippen molar-refractivity contribution in [2.75, 3.05) is 4.90 Å². The number of anilines is 1. The van der Waals surface area contributed by atoms with Crippen molar-refractivity contribution in [1.29, 1.82) is 0 Å². The zero-order valence-electron chi connectivity index (χ0n) is 15.5. The molecule has 1 aliphatic carbocycles. The fourth-order valence-electron chi connectivity index (χ4n) is 3.76. The Morgan fingerprint density at radius 1 is 1.00 bits per heavy atom. The molecule has 0 aliphatic heterocycles. The second-order valence-electron chi connectivity index (χ2n) is 7.05. The summed E-state index contributed by atoms with van der Waals surface area (Å²) in [6.07, 6.45) is 1.21. The Morgan fingerprint density at radius 2 is 1.66 bits per heavy atom. The summed E-state index contributed by atoms with van der Waals surface area (Å²) < 4.78 is 28.0. The number of amides is 2. The number of halogens is 3. The highest BCUT2D eigenvalue weighted by atomic mass is 35.5. The highest BCUT2D eigenvalue weighted by Gasteiger charge is 2.32. The van der Waals surface area contributed by atoms with Crippen molar-refractivity contribution in [3.63, 3.8) is 0 Å². The number of rotatable bonds is 4. The van der Waals surface area contributed by atoms with E-state index in [4.69, 9.17) is 11.6 Å². The van der Waals surface area contributed by atoms with Crippen LogP contribution in [0.1, 0.15) is 16.7 Å². The van der Waals surface area contributed by atoms with E-state index >= 15 is 0 Å². The molecule has 1 N–H and O–H groups in total. The standard InChI is InChI=1S/C23H19ClF2N2O/c24-20-8-4-3-7-17(20)14-27-23(29)28(22-10-9-18(25)13-21(22)26)19-11-15-5-1-2-6-16(15)12-19/h1-10,13,19H,11-12,14H2,(H,27,29). The van der Waals surface area contributed by atoms with Crippen LogP contribution >= 0.6 is 11.6 Å². The van der Waals surface area contributed by atoms with Gasteiger partial charge in [-0.1, -0.05) is 54.1 Å². The molecule has 0 saturated heterocycles. The SMILES string of the molecule is O=C(NCc1ccccc1Cl)N(c1ccc(F)cc1F)C1Cc2ccccc2C1. The minimum absolute atomic E-state index is 0.0564. The molecule has 6 heteroatoms. The summed E-state index contributed by atoms with van der Waals surface area (Å²) in [5.74, 6) is -1.45. The first-order valence-corrected chi connectivity index (χ1v) is 9.73. The average Bonchev–Trinajstić information content (AvgIpc) is 3.13. The zero-order valence-corrected chi connectivity index (χ0v) is 16.3. The van der Waals surface area contributed by atoms with E-state index in [1.807, 2.05) is 42.5 Å². The van der Waals surface area contributed by atoms with E-state index in [-0.39, 0.29) is 18.3 Å². The summed E-state index contributed by atoms with van der Waals surface area (Å²) in [4.78, 5) is 14.5. The van der Waals surface area contributed by atoms with E-state index in [1.54, 1.807) is 6.07 Å². The van der Waals surface area contributed by atoms with Gasteiger partial charge in [-0.3, -0.25) is 4.90 Å². The quantitative estimate of drug-likeness (QED) is 0.602. The second-order valence-corrected chi connectivity index (χ2v) is 7.45. The highest BCUT2D eigenvalue weighted by Crippen LogP contribution is 2.31. The lowest BCUT2D eigenvalue weighted by molar-refractivity contribution is 0.243. The Bertz CT molecular complexity index is 1030. The molecular formula is C23H19ClF2N2O. The minimum Gasteiger partial charge on any atom is -0.334 e. The maximum absolute atomic E-state index is 14.6. The Hall–Kier alpha value is -2.92. The van der Waals surface area contributed by atoms with Crippen LogP contribution in [-0.4, -0.2) is 12.1 Å². The predicted molar refractivity (Wildman–Crippen MR) is 110 cm³/mol. The number of benzene rings is 3. The van der Waals surface area contributed by atoms with Gasteiger partial charge in [-0.25, -0.2) is 13.6 Å². The van der Waals surface area contributed by atoms with Gasteiger partial charge in [0.05, 0.1) is 5.69 Å². The van der Waals surface area contributed by atoms with Crippen molar-refractivity contribution >= 4 is 23.3 Å². The van der Waals surface area contributed by atoms with E-state index in [9.17, 15) is 13.6 Å². The number of carbonyl (C=O) groups is 1. The van der Waals surface area contributed by atoms with E-state index < -0.39 is 17.7 Å². The molecule has 3 nitrogen and oxygen atoms in total. The van der Waals surface area contributed by atoms with Gasteiger partial charge in [0.15, 0.2) is 0 Å². The monoisotopic (exact) mass is 412 g/mol. The number of hydrogen-bond acceptors (Lipinski definition) is 1. The summed E-state index contributed by atoms with van der Waals surface area (Å²) in [5, 5.41) is 3.37. The van der Waals surface area contributed by atoms with Crippen molar-refractivity contribution in [2.24, 2.45) is 0 Å². The summed E-state index contributed by atoms with van der Waals surface area (Å²) >= 11 is 6.17. The van der Waals surface area contributed by atoms with Gasteiger partial charge in [-0.2, -0.15) is 0 Å². The van der Waals surface area contributed by atoms with Crippen LogP contribution < -0.4 is 10.2 Å². The number of fused-ring (bicyclic) bond motifs is 1.